The maximum Gasteiger partial charge on any atom is 0.307 e. The highest BCUT2D eigenvalue weighted by molar-refractivity contribution is 7.07. The molecule has 1 aliphatic rings. The van der Waals surface area contributed by atoms with Gasteiger partial charge in [-0.25, -0.2) is 0 Å². The Hall–Kier alpha value is -1.35. The Morgan fingerprint density at radius 2 is 2.12 bits per heavy atom. The summed E-state index contributed by atoms with van der Waals surface area (Å²) in [5.74, 6) is 0. The highest BCUT2D eigenvalue weighted by Gasteiger charge is 2.10. The number of hydrogen-bond donors (Lipinski definition) is 0. The second-order valence-electron chi connectivity index (χ2n) is 4.25. The maximum atomic E-state index is 11.4. The van der Waals surface area contributed by atoms with Crippen molar-refractivity contribution in [1.82, 2.24) is 4.57 Å². The van der Waals surface area contributed by atoms with Crippen LogP contribution in [0.1, 0.15) is 23.1 Å². The van der Waals surface area contributed by atoms with Gasteiger partial charge in [-0.15, -0.1) is 0 Å². The molecule has 0 N–H and O–H groups in total. The molecular weight excluding hydrogens is 218 g/mol. The number of aromatic nitrogens is 1. The molecule has 2 nitrogen and oxygen atoms in total. The summed E-state index contributed by atoms with van der Waals surface area (Å²) in [6.07, 6.45) is 5.55. The van der Waals surface area contributed by atoms with Gasteiger partial charge >= 0.3 is 4.87 Å². The van der Waals surface area contributed by atoms with E-state index in [4.69, 9.17) is 0 Å². The van der Waals surface area contributed by atoms with Gasteiger partial charge in [-0.3, -0.25) is 4.79 Å². The standard InChI is InChI=1S/C13H13NOS/c15-13-14(6-7-16-13)9-10-4-5-11-2-1-3-12(11)8-10/h4-8H,1-3,9H2. The molecule has 2 aromatic rings. The maximum absolute atomic E-state index is 11.4. The van der Waals surface area contributed by atoms with Crippen LogP contribution in [-0.4, -0.2) is 4.57 Å². The second kappa shape index (κ2) is 3.91. The molecule has 0 saturated carbocycles. The van der Waals surface area contributed by atoms with Crippen molar-refractivity contribution in [3.63, 3.8) is 0 Å². The van der Waals surface area contributed by atoms with Gasteiger partial charge in [0.15, 0.2) is 0 Å². The number of nitrogens with zero attached hydrogens (tertiary/aromatic N) is 1. The van der Waals surface area contributed by atoms with Crippen LogP contribution in [0.3, 0.4) is 0 Å². The van der Waals surface area contributed by atoms with Crippen LogP contribution in [0.15, 0.2) is 34.6 Å². The largest absolute Gasteiger partial charge is 0.307 e. The van der Waals surface area contributed by atoms with Gasteiger partial charge in [0.1, 0.15) is 0 Å². The number of benzene rings is 1. The van der Waals surface area contributed by atoms with Crippen molar-refractivity contribution < 1.29 is 0 Å². The van der Waals surface area contributed by atoms with Crippen LogP contribution in [0.4, 0.5) is 0 Å². The lowest BCUT2D eigenvalue weighted by Crippen LogP contribution is -2.12. The van der Waals surface area contributed by atoms with Crippen molar-refractivity contribution in [3.05, 3.63) is 56.1 Å². The zero-order valence-electron chi connectivity index (χ0n) is 8.98. The molecule has 1 heterocycles. The van der Waals surface area contributed by atoms with Gasteiger partial charge in [-0.05, 0) is 36.0 Å². The van der Waals surface area contributed by atoms with Gasteiger partial charge < -0.3 is 4.57 Å². The molecule has 0 unspecified atom stereocenters. The summed E-state index contributed by atoms with van der Waals surface area (Å²) in [5.41, 5.74) is 4.20. The third kappa shape index (κ3) is 1.71. The smallest absolute Gasteiger partial charge is 0.302 e. The van der Waals surface area contributed by atoms with Crippen molar-refractivity contribution in [1.29, 1.82) is 0 Å². The molecule has 0 bridgehead atoms. The van der Waals surface area contributed by atoms with Crippen LogP contribution < -0.4 is 4.87 Å². The van der Waals surface area contributed by atoms with E-state index in [9.17, 15) is 4.79 Å². The van der Waals surface area contributed by atoms with E-state index >= 15 is 0 Å². The fourth-order valence-electron chi connectivity index (χ4n) is 2.33. The normalized spacial score (nSPS) is 14.0. The van der Waals surface area contributed by atoms with E-state index in [1.165, 1.54) is 47.3 Å². The lowest BCUT2D eigenvalue weighted by atomic mass is 10.1. The second-order valence-corrected chi connectivity index (χ2v) is 5.11. The molecule has 0 amide bonds. The first kappa shape index (κ1) is 9.85. The van der Waals surface area contributed by atoms with Crippen LogP contribution in [0.2, 0.25) is 0 Å². The minimum absolute atomic E-state index is 0.125. The highest BCUT2D eigenvalue weighted by atomic mass is 32.1. The van der Waals surface area contributed by atoms with Gasteiger partial charge in [0.25, 0.3) is 0 Å². The molecule has 0 aliphatic heterocycles. The highest BCUT2D eigenvalue weighted by Crippen LogP contribution is 2.22. The quantitative estimate of drug-likeness (QED) is 0.778. The Balaban J connectivity index is 1.91. The minimum Gasteiger partial charge on any atom is -0.302 e. The van der Waals surface area contributed by atoms with Crippen molar-refractivity contribution in [2.45, 2.75) is 25.8 Å². The van der Waals surface area contributed by atoms with Crippen molar-refractivity contribution in [2.24, 2.45) is 0 Å². The molecule has 82 valence electrons. The van der Waals surface area contributed by atoms with Crippen LogP contribution in [-0.2, 0) is 19.4 Å². The predicted molar refractivity (Wildman–Crippen MR) is 66.1 cm³/mol. The summed E-state index contributed by atoms with van der Waals surface area (Å²) >= 11 is 1.26. The zero-order valence-corrected chi connectivity index (χ0v) is 9.80. The van der Waals surface area contributed by atoms with Gasteiger partial charge in [0.2, 0.25) is 0 Å². The molecule has 1 aromatic heterocycles. The van der Waals surface area contributed by atoms with E-state index in [1.807, 2.05) is 11.6 Å². The van der Waals surface area contributed by atoms with E-state index in [-0.39, 0.29) is 4.87 Å². The van der Waals surface area contributed by atoms with Crippen LogP contribution >= 0.6 is 11.3 Å². The zero-order chi connectivity index (χ0) is 11.0. The summed E-state index contributed by atoms with van der Waals surface area (Å²) in [4.78, 5) is 11.6. The van der Waals surface area contributed by atoms with Gasteiger partial charge in [0.05, 0.1) is 6.54 Å². The summed E-state index contributed by atoms with van der Waals surface area (Å²) < 4.78 is 1.77. The predicted octanol–water partition coefficient (Wildman–Crippen LogP) is 2.45. The van der Waals surface area contributed by atoms with E-state index in [2.05, 4.69) is 18.2 Å². The molecule has 3 heteroatoms. The average Bonchev–Trinajstić information content (AvgIpc) is 2.88. The van der Waals surface area contributed by atoms with E-state index < -0.39 is 0 Å². The molecule has 1 aliphatic carbocycles. The number of aryl methyl sites for hydroxylation is 2. The summed E-state index contributed by atoms with van der Waals surface area (Å²) in [6, 6.07) is 6.62. The first-order valence-corrected chi connectivity index (χ1v) is 6.45. The molecule has 3 rings (SSSR count). The Bertz CT molecular complexity index is 567. The molecule has 0 fully saturated rings. The lowest BCUT2D eigenvalue weighted by Gasteiger charge is -2.05. The van der Waals surface area contributed by atoms with Gasteiger partial charge in [-0.1, -0.05) is 29.5 Å². The SMILES string of the molecule is O=c1sccn1Cc1ccc2c(c1)CCC2. The number of fused-ring (bicyclic) bond motifs is 1. The van der Waals surface area contributed by atoms with E-state index in [1.54, 1.807) is 4.57 Å². The van der Waals surface area contributed by atoms with Crippen LogP contribution in [0.5, 0.6) is 0 Å². The van der Waals surface area contributed by atoms with Gasteiger partial charge in [-0.2, -0.15) is 0 Å². The van der Waals surface area contributed by atoms with Crippen molar-refractivity contribution >= 4 is 11.3 Å². The first-order chi connectivity index (χ1) is 7.83. The van der Waals surface area contributed by atoms with Gasteiger partial charge in [0, 0.05) is 11.6 Å². The Morgan fingerprint density at radius 1 is 1.25 bits per heavy atom. The molecule has 0 atom stereocenters. The Morgan fingerprint density at radius 3 is 2.94 bits per heavy atom. The average molecular weight is 231 g/mol. The molecule has 0 spiro atoms. The number of rotatable bonds is 2. The molecule has 0 saturated heterocycles. The monoisotopic (exact) mass is 231 g/mol. The minimum atomic E-state index is 0.125. The number of hydrogen-bond acceptors (Lipinski definition) is 2. The van der Waals surface area contributed by atoms with Crippen LogP contribution in [0, 0.1) is 0 Å². The van der Waals surface area contributed by atoms with Crippen molar-refractivity contribution in [3.8, 4) is 0 Å². The molecule has 1 aromatic carbocycles. The fraction of sp³-hybridized carbons (Fsp3) is 0.308. The molecular formula is C13H13NOS. The number of thiazole rings is 1. The summed E-state index contributed by atoms with van der Waals surface area (Å²) in [6.45, 7) is 0.704. The van der Waals surface area contributed by atoms with Crippen molar-refractivity contribution in [2.75, 3.05) is 0 Å². The third-order valence-corrected chi connectivity index (χ3v) is 3.85. The molecule has 16 heavy (non-hydrogen) atoms. The van der Waals surface area contributed by atoms with E-state index in [0.29, 0.717) is 6.54 Å². The summed E-state index contributed by atoms with van der Waals surface area (Å²) in [7, 11) is 0. The fourth-order valence-corrected chi connectivity index (χ4v) is 2.91. The Labute approximate surface area is 98.2 Å². The topological polar surface area (TPSA) is 22.0 Å². The summed E-state index contributed by atoms with van der Waals surface area (Å²) in [5, 5.41) is 1.84. The lowest BCUT2D eigenvalue weighted by molar-refractivity contribution is 0.783. The Kier molecular flexibility index (Phi) is 2.40. The van der Waals surface area contributed by atoms with Crippen LogP contribution in [0.25, 0.3) is 0 Å². The first-order valence-electron chi connectivity index (χ1n) is 5.57. The van der Waals surface area contributed by atoms with E-state index in [0.717, 1.165) is 0 Å². The third-order valence-electron chi connectivity index (χ3n) is 3.16. The molecule has 0 radical (unpaired) electrons.